The Bertz CT molecular complexity index is 292. The molecule has 0 bridgehead atoms. The van der Waals surface area contributed by atoms with E-state index in [1.165, 1.54) is 0 Å². The molecule has 1 heterocycles. The number of nitrogens with two attached hydrogens (primary N) is 1. The van der Waals surface area contributed by atoms with E-state index in [0.29, 0.717) is 6.54 Å². The number of hydrogen-bond donors (Lipinski definition) is 3. The monoisotopic (exact) mass is 210 g/mol. The molecule has 4 N–H and O–H groups in total. The lowest BCUT2D eigenvalue weighted by molar-refractivity contribution is -0.125. The third kappa shape index (κ3) is 3.06. The van der Waals surface area contributed by atoms with Crippen LogP contribution in [0, 0.1) is 5.92 Å². The lowest BCUT2D eigenvalue weighted by Gasteiger charge is -2.16. The second-order valence-electron chi connectivity index (χ2n) is 3.60. The van der Waals surface area contributed by atoms with E-state index in [1.807, 2.05) is 13.8 Å². The highest BCUT2D eigenvalue weighted by atomic mass is 16.1. The van der Waals surface area contributed by atoms with Crippen molar-refractivity contribution >= 4 is 5.91 Å². The summed E-state index contributed by atoms with van der Waals surface area (Å²) in [7, 11) is 0. The first-order chi connectivity index (χ1) is 7.19. The smallest absolute Gasteiger partial charge is 0.224 e. The number of aromatic nitrogens is 2. The fourth-order valence-corrected chi connectivity index (χ4v) is 1.37. The zero-order chi connectivity index (χ0) is 11.3. The fraction of sp³-hybridized carbons (Fsp3) is 0.600. The van der Waals surface area contributed by atoms with Gasteiger partial charge in [-0.25, -0.2) is 0 Å². The standard InChI is InChI=1S/C10H18N4O/c1-3-8(4-11)10(15)14-7(2)9-5-12-13-6-9/h5-8H,3-4,11H2,1-2H3,(H,12,13)(H,14,15). The molecular formula is C10H18N4O. The third-order valence-electron chi connectivity index (χ3n) is 2.53. The van der Waals surface area contributed by atoms with E-state index in [1.54, 1.807) is 12.4 Å². The number of hydrogen-bond acceptors (Lipinski definition) is 3. The lowest BCUT2D eigenvalue weighted by Crippen LogP contribution is -2.36. The van der Waals surface area contributed by atoms with Gasteiger partial charge in [-0.15, -0.1) is 0 Å². The van der Waals surface area contributed by atoms with Crippen molar-refractivity contribution in [2.75, 3.05) is 6.54 Å². The van der Waals surface area contributed by atoms with Crippen molar-refractivity contribution in [3.8, 4) is 0 Å². The van der Waals surface area contributed by atoms with Gasteiger partial charge in [0.05, 0.1) is 12.2 Å². The van der Waals surface area contributed by atoms with Crippen molar-refractivity contribution < 1.29 is 4.79 Å². The normalized spacial score (nSPS) is 14.6. The van der Waals surface area contributed by atoms with Gasteiger partial charge in [-0.2, -0.15) is 5.10 Å². The maximum Gasteiger partial charge on any atom is 0.224 e. The first-order valence-corrected chi connectivity index (χ1v) is 5.18. The molecule has 1 amide bonds. The van der Waals surface area contributed by atoms with Gasteiger partial charge in [0.25, 0.3) is 0 Å². The van der Waals surface area contributed by atoms with Crippen LogP contribution in [0.5, 0.6) is 0 Å². The molecule has 0 aromatic carbocycles. The second-order valence-corrected chi connectivity index (χ2v) is 3.60. The molecule has 5 heteroatoms. The van der Waals surface area contributed by atoms with Crippen LogP contribution in [0.4, 0.5) is 0 Å². The van der Waals surface area contributed by atoms with Crippen LogP contribution < -0.4 is 11.1 Å². The van der Waals surface area contributed by atoms with Crippen LogP contribution >= 0.6 is 0 Å². The summed E-state index contributed by atoms with van der Waals surface area (Å²) in [6, 6.07) is -0.0307. The SMILES string of the molecule is CCC(CN)C(=O)NC(C)c1cn[nH]c1. The summed E-state index contributed by atoms with van der Waals surface area (Å²) in [4.78, 5) is 11.7. The number of aromatic amines is 1. The quantitative estimate of drug-likeness (QED) is 0.664. The molecule has 1 aromatic heterocycles. The van der Waals surface area contributed by atoms with Crippen molar-refractivity contribution in [1.29, 1.82) is 0 Å². The number of nitrogens with one attached hydrogen (secondary N) is 2. The molecule has 15 heavy (non-hydrogen) atoms. The van der Waals surface area contributed by atoms with Crippen LogP contribution in [0.3, 0.4) is 0 Å². The Balaban J connectivity index is 2.51. The maximum absolute atomic E-state index is 11.7. The van der Waals surface area contributed by atoms with Crippen LogP contribution in [0.2, 0.25) is 0 Å². The van der Waals surface area contributed by atoms with Gasteiger partial charge in [0, 0.05) is 24.2 Å². The van der Waals surface area contributed by atoms with Gasteiger partial charge in [0.2, 0.25) is 5.91 Å². The Morgan fingerprint density at radius 2 is 2.47 bits per heavy atom. The number of carbonyl (C=O) groups is 1. The Kier molecular flexibility index (Phi) is 4.30. The van der Waals surface area contributed by atoms with Crippen molar-refractivity contribution in [1.82, 2.24) is 15.5 Å². The van der Waals surface area contributed by atoms with E-state index in [2.05, 4.69) is 15.5 Å². The molecule has 0 radical (unpaired) electrons. The summed E-state index contributed by atoms with van der Waals surface area (Å²) in [5, 5.41) is 9.46. The van der Waals surface area contributed by atoms with Gasteiger partial charge >= 0.3 is 0 Å². The van der Waals surface area contributed by atoms with Crippen LogP contribution in [-0.4, -0.2) is 22.6 Å². The van der Waals surface area contributed by atoms with Gasteiger partial charge in [-0.3, -0.25) is 9.89 Å². The summed E-state index contributed by atoms with van der Waals surface area (Å²) in [5.74, 6) is -0.0898. The van der Waals surface area contributed by atoms with Crippen LogP contribution in [0.25, 0.3) is 0 Å². The molecule has 0 saturated carbocycles. The van der Waals surface area contributed by atoms with E-state index in [4.69, 9.17) is 5.73 Å². The van der Waals surface area contributed by atoms with E-state index in [9.17, 15) is 4.79 Å². The molecule has 0 aliphatic heterocycles. The van der Waals surface area contributed by atoms with Gasteiger partial charge in [0.15, 0.2) is 0 Å². The predicted octanol–water partition coefficient (Wildman–Crippen LogP) is 0.572. The van der Waals surface area contributed by atoms with Crippen LogP contribution in [0.15, 0.2) is 12.4 Å². The zero-order valence-electron chi connectivity index (χ0n) is 9.16. The predicted molar refractivity (Wildman–Crippen MR) is 58.0 cm³/mol. The van der Waals surface area contributed by atoms with E-state index >= 15 is 0 Å². The minimum atomic E-state index is -0.0978. The van der Waals surface area contributed by atoms with Gasteiger partial charge in [0.1, 0.15) is 0 Å². The highest BCUT2D eigenvalue weighted by Crippen LogP contribution is 2.10. The number of nitrogens with zero attached hydrogens (tertiary/aromatic N) is 1. The van der Waals surface area contributed by atoms with Crippen molar-refractivity contribution in [3.63, 3.8) is 0 Å². The molecule has 1 aromatic rings. The average Bonchev–Trinajstić information content (AvgIpc) is 2.72. The molecule has 84 valence electrons. The topological polar surface area (TPSA) is 83.8 Å². The molecule has 1 rings (SSSR count). The minimum Gasteiger partial charge on any atom is -0.349 e. The first-order valence-electron chi connectivity index (χ1n) is 5.18. The van der Waals surface area contributed by atoms with Crippen molar-refractivity contribution in [2.24, 2.45) is 11.7 Å². The molecule has 5 nitrogen and oxygen atoms in total. The average molecular weight is 210 g/mol. The number of H-pyrrole nitrogens is 1. The molecule has 0 aliphatic carbocycles. The highest BCUT2D eigenvalue weighted by molar-refractivity contribution is 5.79. The molecule has 2 unspecified atom stereocenters. The Morgan fingerprint density at radius 3 is 2.93 bits per heavy atom. The zero-order valence-corrected chi connectivity index (χ0v) is 9.16. The molecule has 2 atom stereocenters. The van der Waals surface area contributed by atoms with Crippen molar-refractivity contribution in [2.45, 2.75) is 26.3 Å². The summed E-state index contributed by atoms with van der Waals surface area (Å²) < 4.78 is 0. The Hall–Kier alpha value is -1.36. The summed E-state index contributed by atoms with van der Waals surface area (Å²) in [5.41, 5.74) is 6.47. The summed E-state index contributed by atoms with van der Waals surface area (Å²) in [6.45, 7) is 4.27. The molecule has 0 aliphatic rings. The third-order valence-corrected chi connectivity index (χ3v) is 2.53. The summed E-state index contributed by atoms with van der Waals surface area (Å²) >= 11 is 0. The second kappa shape index (κ2) is 5.50. The molecule has 0 saturated heterocycles. The van der Waals surface area contributed by atoms with Crippen LogP contribution in [-0.2, 0) is 4.79 Å². The largest absolute Gasteiger partial charge is 0.349 e. The Morgan fingerprint density at radius 1 is 1.73 bits per heavy atom. The minimum absolute atomic E-state index is 0.00806. The van der Waals surface area contributed by atoms with E-state index < -0.39 is 0 Å². The number of carbonyl (C=O) groups excluding carboxylic acids is 1. The van der Waals surface area contributed by atoms with Crippen LogP contribution in [0.1, 0.15) is 31.9 Å². The highest BCUT2D eigenvalue weighted by Gasteiger charge is 2.17. The maximum atomic E-state index is 11.7. The lowest BCUT2D eigenvalue weighted by atomic mass is 10.1. The first kappa shape index (κ1) is 11.7. The van der Waals surface area contributed by atoms with Gasteiger partial charge in [-0.1, -0.05) is 6.92 Å². The molecule has 0 spiro atoms. The molecule has 0 fully saturated rings. The van der Waals surface area contributed by atoms with Crippen molar-refractivity contribution in [3.05, 3.63) is 18.0 Å². The Labute approximate surface area is 89.4 Å². The number of rotatable bonds is 5. The van der Waals surface area contributed by atoms with E-state index in [0.717, 1.165) is 12.0 Å². The van der Waals surface area contributed by atoms with Gasteiger partial charge in [-0.05, 0) is 13.3 Å². The van der Waals surface area contributed by atoms with Gasteiger partial charge < -0.3 is 11.1 Å². The summed E-state index contributed by atoms with van der Waals surface area (Å²) in [6.07, 6.45) is 4.24. The molecular weight excluding hydrogens is 192 g/mol. The van der Waals surface area contributed by atoms with E-state index in [-0.39, 0.29) is 17.9 Å². The fourth-order valence-electron chi connectivity index (χ4n) is 1.37. The number of amides is 1.